The van der Waals surface area contributed by atoms with E-state index in [1.807, 2.05) is 0 Å². The molecule has 0 aliphatic rings. The van der Waals surface area contributed by atoms with Gasteiger partial charge in [-0.05, 0) is 30.3 Å². The molecule has 1 aromatic carbocycles. The maximum atomic E-state index is 13.0. The predicted molar refractivity (Wildman–Crippen MR) is 97.0 cm³/mol. The highest BCUT2D eigenvalue weighted by molar-refractivity contribution is 6.32. The number of methoxy groups -OCH3 is 1. The van der Waals surface area contributed by atoms with Gasteiger partial charge in [0.25, 0.3) is 5.91 Å². The molecule has 8 nitrogen and oxygen atoms in total. The Morgan fingerprint density at radius 1 is 1.32 bits per heavy atom. The lowest BCUT2D eigenvalue weighted by Gasteiger charge is -2.06. The smallest absolute Gasteiger partial charge is 0.358 e. The van der Waals surface area contributed by atoms with E-state index in [1.165, 1.54) is 36.2 Å². The Labute approximate surface area is 163 Å². The summed E-state index contributed by atoms with van der Waals surface area (Å²) < 4.78 is 29.9. The third-order valence-electron chi connectivity index (χ3n) is 3.72. The average molecular weight is 408 g/mol. The van der Waals surface area contributed by atoms with Crippen LogP contribution in [0.1, 0.15) is 26.8 Å². The van der Waals surface area contributed by atoms with E-state index >= 15 is 0 Å². The van der Waals surface area contributed by atoms with Gasteiger partial charge in [-0.15, -0.1) is 0 Å². The molecule has 0 atom stereocenters. The van der Waals surface area contributed by atoms with Crippen molar-refractivity contribution >= 4 is 29.2 Å². The molecule has 0 fully saturated rings. The number of halogens is 2. The van der Waals surface area contributed by atoms with Crippen LogP contribution in [0.3, 0.4) is 0 Å². The summed E-state index contributed by atoms with van der Waals surface area (Å²) in [6, 6.07) is 6.75. The summed E-state index contributed by atoms with van der Waals surface area (Å²) in [6.07, 6.45) is 1.33. The fraction of sp³-hybridized carbons (Fsp3) is 0.167. The highest BCUT2D eigenvalue weighted by atomic mass is 35.5. The Morgan fingerprint density at radius 2 is 2.11 bits per heavy atom. The lowest BCUT2D eigenvalue weighted by molar-refractivity contribution is 0.0589. The van der Waals surface area contributed by atoms with E-state index < -0.39 is 17.7 Å². The standard InChI is InChI=1S/C18H15ClFN3O5/c1-23-16(18(25)26-2)13(8-21-23)22-17(24)15-6-4-11(28-15)9-27-14-5-3-10(20)7-12(14)19/h3-8H,9H2,1-2H3,(H,22,24). The summed E-state index contributed by atoms with van der Waals surface area (Å²) in [6.45, 7) is -0.0149. The quantitative estimate of drug-likeness (QED) is 0.629. The molecule has 0 radical (unpaired) electrons. The molecule has 0 saturated heterocycles. The minimum Gasteiger partial charge on any atom is -0.484 e. The molecular weight excluding hydrogens is 393 g/mol. The predicted octanol–water partition coefficient (Wildman–Crippen LogP) is 3.42. The number of rotatable bonds is 6. The second kappa shape index (κ2) is 8.13. The first-order valence-corrected chi connectivity index (χ1v) is 8.35. The van der Waals surface area contributed by atoms with Crippen molar-refractivity contribution in [3.63, 3.8) is 0 Å². The number of esters is 1. The van der Waals surface area contributed by atoms with Crippen LogP contribution in [-0.4, -0.2) is 28.8 Å². The van der Waals surface area contributed by atoms with Crippen molar-refractivity contribution in [3.8, 4) is 5.75 Å². The van der Waals surface area contributed by atoms with Gasteiger partial charge in [-0.1, -0.05) is 11.6 Å². The van der Waals surface area contributed by atoms with Crippen LogP contribution in [0, 0.1) is 5.82 Å². The largest absolute Gasteiger partial charge is 0.484 e. The molecule has 3 rings (SSSR count). The molecule has 1 N–H and O–H groups in total. The lowest BCUT2D eigenvalue weighted by atomic mass is 10.3. The van der Waals surface area contributed by atoms with Gasteiger partial charge in [0.1, 0.15) is 23.9 Å². The SMILES string of the molecule is COC(=O)c1c(NC(=O)c2ccc(COc3ccc(F)cc3Cl)o2)cnn1C. The van der Waals surface area contributed by atoms with E-state index in [-0.39, 0.29) is 34.5 Å². The summed E-state index contributed by atoms with van der Waals surface area (Å²) in [5.41, 5.74) is 0.281. The zero-order chi connectivity index (χ0) is 20.3. The number of nitrogens with one attached hydrogen (secondary N) is 1. The van der Waals surface area contributed by atoms with Crippen LogP contribution in [0.4, 0.5) is 10.1 Å². The monoisotopic (exact) mass is 407 g/mol. The topological polar surface area (TPSA) is 95.6 Å². The van der Waals surface area contributed by atoms with Crippen LogP contribution < -0.4 is 10.1 Å². The van der Waals surface area contributed by atoms with Gasteiger partial charge in [0.2, 0.25) is 0 Å². The molecule has 0 aliphatic heterocycles. The molecule has 10 heteroatoms. The lowest BCUT2D eigenvalue weighted by Crippen LogP contribution is -2.16. The van der Waals surface area contributed by atoms with E-state index in [0.29, 0.717) is 5.76 Å². The number of amides is 1. The van der Waals surface area contributed by atoms with Crippen molar-refractivity contribution in [1.29, 1.82) is 0 Å². The number of nitrogens with zero attached hydrogens (tertiary/aromatic N) is 2. The van der Waals surface area contributed by atoms with Crippen molar-refractivity contribution in [2.75, 3.05) is 12.4 Å². The molecule has 0 spiro atoms. The number of carbonyl (C=O) groups is 2. The van der Waals surface area contributed by atoms with E-state index in [2.05, 4.69) is 15.2 Å². The molecule has 2 aromatic heterocycles. The van der Waals surface area contributed by atoms with E-state index in [0.717, 1.165) is 6.07 Å². The summed E-state index contributed by atoms with van der Waals surface area (Å²) in [4.78, 5) is 24.2. The van der Waals surface area contributed by atoms with Crippen molar-refractivity contribution in [1.82, 2.24) is 9.78 Å². The number of ether oxygens (including phenoxy) is 2. The van der Waals surface area contributed by atoms with Gasteiger partial charge in [0.05, 0.1) is 24.0 Å². The van der Waals surface area contributed by atoms with Gasteiger partial charge in [0.15, 0.2) is 11.5 Å². The summed E-state index contributed by atoms with van der Waals surface area (Å²) in [5, 5.41) is 6.59. The average Bonchev–Trinajstić information content (AvgIpc) is 3.27. The number of aryl methyl sites for hydroxylation is 1. The Kier molecular flexibility index (Phi) is 5.65. The maximum absolute atomic E-state index is 13.0. The molecule has 0 saturated carbocycles. The Bertz CT molecular complexity index is 1030. The molecule has 28 heavy (non-hydrogen) atoms. The third kappa shape index (κ3) is 4.15. The molecule has 0 aliphatic carbocycles. The first kappa shape index (κ1) is 19.4. The highest BCUT2D eigenvalue weighted by Crippen LogP contribution is 2.26. The number of anilines is 1. The molecule has 3 aromatic rings. The number of hydrogen-bond donors (Lipinski definition) is 1. The zero-order valence-corrected chi connectivity index (χ0v) is 15.6. The first-order valence-electron chi connectivity index (χ1n) is 7.97. The summed E-state index contributed by atoms with van der Waals surface area (Å²) in [7, 11) is 2.78. The van der Waals surface area contributed by atoms with E-state index in [1.54, 1.807) is 13.1 Å². The summed E-state index contributed by atoms with van der Waals surface area (Å²) in [5.74, 6) is -1.06. The van der Waals surface area contributed by atoms with Crippen LogP contribution >= 0.6 is 11.6 Å². The Balaban J connectivity index is 1.67. The van der Waals surface area contributed by atoms with Gasteiger partial charge in [-0.3, -0.25) is 9.48 Å². The van der Waals surface area contributed by atoms with Crippen LogP contribution in [0.15, 0.2) is 40.9 Å². The number of hydrogen-bond acceptors (Lipinski definition) is 6. The minimum absolute atomic E-state index is 0.00321. The van der Waals surface area contributed by atoms with E-state index in [4.69, 9.17) is 20.8 Å². The molecule has 146 valence electrons. The second-order valence-electron chi connectivity index (χ2n) is 5.61. The summed E-state index contributed by atoms with van der Waals surface area (Å²) >= 11 is 5.89. The van der Waals surface area contributed by atoms with Gasteiger partial charge < -0.3 is 19.2 Å². The molecule has 0 unspecified atom stereocenters. The maximum Gasteiger partial charge on any atom is 0.358 e. The van der Waals surface area contributed by atoms with Crippen LogP contribution in [0.25, 0.3) is 0 Å². The zero-order valence-electron chi connectivity index (χ0n) is 14.9. The fourth-order valence-electron chi connectivity index (χ4n) is 2.37. The Morgan fingerprint density at radius 3 is 2.82 bits per heavy atom. The molecule has 1 amide bonds. The second-order valence-corrected chi connectivity index (χ2v) is 6.01. The van der Waals surface area contributed by atoms with Gasteiger partial charge in [-0.25, -0.2) is 9.18 Å². The van der Waals surface area contributed by atoms with Gasteiger partial charge in [0, 0.05) is 7.05 Å². The number of carbonyl (C=O) groups excluding carboxylic acids is 2. The number of benzene rings is 1. The van der Waals surface area contributed by atoms with Gasteiger partial charge in [-0.2, -0.15) is 5.10 Å². The van der Waals surface area contributed by atoms with Gasteiger partial charge >= 0.3 is 5.97 Å². The van der Waals surface area contributed by atoms with Crippen molar-refractivity contribution in [2.45, 2.75) is 6.61 Å². The Hall–Kier alpha value is -3.33. The van der Waals surface area contributed by atoms with Crippen molar-refractivity contribution in [2.24, 2.45) is 7.05 Å². The third-order valence-corrected chi connectivity index (χ3v) is 4.01. The van der Waals surface area contributed by atoms with Crippen LogP contribution in [-0.2, 0) is 18.4 Å². The first-order chi connectivity index (χ1) is 13.4. The van der Waals surface area contributed by atoms with Crippen molar-refractivity contribution < 1.29 is 27.9 Å². The minimum atomic E-state index is -0.639. The highest BCUT2D eigenvalue weighted by Gasteiger charge is 2.21. The molecular formula is C18H15ClFN3O5. The number of furan rings is 1. The normalized spacial score (nSPS) is 10.6. The van der Waals surface area contributed by atoms with Crippen LogP contribution in [0.2, 0.25) is 5.02 Å². The molecule has 0 bridgehead atoms. The number of aromatic nitrogens is 2. The fourth-order valence-corrected chi connectivity index (χ4v) is 2.59. The van der Waals surface area contributed by atoms with Crippen molar-refractivity contribution in [3.05, 3.63) is 64.6 Å². The van der Waals surface area contributed by atoms with Crippen LogP contribution in [0.5, 0.6) is 5.75 Å². The molecule has 2 heterocycles. The van der Waals surface area contributed by atoms with E-state index in [9.17, 15) is 14.0 Å².